The Balaban J connectivity index is 0.00000312. The number of nitrogens with zero attached hydrogens (tertiary/aromatic N) is 2. The van der Waals surface area contributed by atoms with Crippen molar-refractivity contribution in [2.24, 2.45) is 10.9 Å². The predicted octanol–water partition coefficient (Wildman–Crippen LogP) is 3.14. The topological polar surface area (TPSA) is 56.7 Å². The number of carbonyl (C=O) groups excluding carboxylic acids is 1. The van der Waals surface area contributed by atoms with E-state index in [2.05, 4.69) is 48.5 Å². The zero-order valence-electron chi connectivity index (χ0n) is 15.7. The minimum Gasteiger partial charge on any atom is -0.354 e. The van der Waals surface area contributed by atoms with E-state index in [-0.39, 0.29) is 29.9 Å². The van der Waals surface area contributed by atoms with Crippen molar-refractivity contribution in [3.8, 4) is 0 Å². The van der Waals surface area contributed by atoms with Gasteiger partial charge in [0.15, 0.2) is 5.96 Å². The van der Waals surface area contributed by atoms with Crippen molar-refractivity contribution < 1.29 is 4.79 Å². The van der Waals surface area contributed by atoms with Crippen LogP contribution in [0.1, 0.15) is 44.7 Å². The van der Waals surface area contributed by atoms with Gasteiger partial charge in [-0.05, 0) is 30.4 Å². The molecule has 0 bridgehead atoms. The summed E-state index contributed by atoms with van der Waals surface area (Å²) < 4.78 is 0. The van der Waals surface area contributed by atoms with Gasteiger partial charge in [-0.25, -0.2) is 0 Å². The summed E-state index contributed by atoms with van der Waals surface area (Å²) in [6.45, 7) is 8.80. The van der Waals surface area contributed by atoms with Crippen LogP contribution in [0.4, 0.5) is 0 Å². The fourth-order valence-electron chi connectivity index (χ4n) is 2.72. The smallest absolute Gasteiger partial charge is 0.222 e. The lowest BCUT2D eigenvalue weighted by molar-refractivity contribution is -0.128. The Hall–Kier alpha value is -1.31. The van der Waals surface area contributed by atoms with Crippen molar-refractivity contribution in [1.82, 2.24) is 15.5 Å². The number of benzene rings is 1. The van der Waals surface area contributed by atoms with E-state index in [0.717, 1.165) is 18.9 Å². The second-order valence-electron chi connectivity index (χ2n) is 6.79. The summed E-state index contributed by atoms with van der Waals surface area (Å²) in [4.78, 5) is 18.1. The van der Waals surface area contributed by atoms with Gasteiger partial charge in [-0.2, -0.15) is 0 Å². The number of rotatable bonds is 6. The molecular formula is C19H31IN4O. The van der Waals surface area contributed by atoms with Gasteiger partial charge in [0.1, 0.15) is 0 Å². The number of hydrogen-bond donors (Lipinski definition) is 2. The molecule has 1 amide bonds. The summed E-state index contributed by atoms with van der Waals surface area (Å²) in [5.41, 5.74) is 2.41. The van der Waals surface area contributed by atoms with Gasteiger partial charge in [0.2, 0.25) is 5.91 Å². The Morgan fingerprint density at radius 2 is 1.92 bits per heavy atom. The largest absolute Gasteiger partial charge is 0.354 e. The zero-order chi connectivity index (χ0) is 17.5. The Bertz CT molecular complexity index is 589. The number of nitrogens with one attached hydrogen (secondary N) is 2. The van der Waals surface area contributed by atoms with Gasteiger partial charge in [-0.15, -0.1) is 24.0 Å². The molecule has 1 unspecified atom stereocenters. The number of amides is 1. The maximum Gasteiger partial charge on any atom is 0.222 e. The normalized spacial score (nSPS) is 16.0. The number of guanidine groups is 1. The van der Waals surface area contributed by atoms with Crippen molar-refractivity contribution in [3.63, 3.8) is 0 Å². The first-order valence-corrected chi connectivity index (χ1v) is 8.83. The van der Waals surface area contributed by atoms with Gasteiger partial charge < -0.3 is 15.5 Å². The summed E-state index contributed by atoms with van der Waals surface area (Å²) in [6.07, 6.45) is 1.66. The average Bonchev–Trinajstić information content (AvgIpc) is 2.97. The Labute approximate surface area is 168 Å². The molecule has 25 heavy (non-hydrogen) atoms. The van der Waals surface area contributed by atoms with Crippen LogP contribution in [-0.2, 0) is 17.9 Å². The second-order valence-corrected chi connectivity index (χ2v) is 6.79. The van der Waals surface area contributed by atoms with Crippen molar-refractivity contribution >= 4 is 35.8 Å². The lowest BCUT2D eigenvalue weighted by Crippen LogP contribution is -2.44. The molecule has 5 nitrogen and oxygen atoms in total. The summed E-state index contributed by atoms with van der Waals surface area (Å²) in [7, 11) is 1.79. The van der Waals surface area contributed by atoms with Crippen molar-refractivity contribution in [1.29, 1.82) is 0 Å². The highest BCUT2D eigenvalue weighted by Gasteiger charge is 2.20. The standard InChI is InChI=1S/C19H30N4O.HI/c1-14(2)15(3)22-19(20-4)21-12-16-8-5-6-9-17(16)13-23-11-7-10-18(23)24;/h5-6,8-9,14-15H,7,10-13H2,1-4H3,(H2,20,21,22);1H. The molecular weight excluding hydrogens is 427 g/mol. The van der Waals surface area contributed by atoms with Crippen LogP contribution in [0.2, 0.25) is 0 Å². The van der Waals surface area contributed by atoms with Crippen LogP contribution >= 0.6 is 24.0 Å². The number of likely N-dealkylation sites (tertiary alicyclic amines) is 1. The van der Waals surface area contributed by atoms with E-state index in [9.17, 15) is 4.79 Å². The number of halogens is 1. The number of aliphatic imine (C=N–C) groups is 1. The highest BCUT2D eigenvalue weighted by molar-refractivity contribution is 14.0. The summed E-state index contributed by atoms with van der Waals surface area (Å²) in [6, 6.07) is 8.65. The monoisotopic (exact) mass is 458 g/mol. The van der Waals surface area contributed by atoms with Crippen LogP contribution in [0.25, 0.3) is 0 Å². The molecule has 0 radical (unpaired) electrons. The lowest BCUT2D eigenvalue weighted by Gasteiger charge is -2.22. The van der Waals surface area contributed by atoms with Gasteiger partial charge in [0.25, 0.3) is 0 Å². The summed E-state index contributed by atoms with van der Waals surface area (Å²) >= 11 is 0. The first kappa shape index (κ1) is 21.7. The number of hydrogen-bond acceptors (Lipinski definition) is 2. The van der Waals surface area contributed by atoms with Gasteiger partial charge in [0, 0.05) is 39.1 Å². The minimum absolute atomic E-state index is 0. The van der Waals surface area contributed by atoms with Crippen LogP contribution in [-0.4, -0.2) is 36.4 Å². The van der Waals surface area contributed by atoms with Crippen LogP contribution in [0.15, 0.2) is 29.3 Å². The molecule has 1 aromatic carbocycles. The summed E-state index contributed by atoms with van der Waals surface area (Å²) in [5.74, 6) is 1.61. The fourth-order valence-corrected chi connectivity index (χ4v) is 2.72. The quantitative estimate of drug-likeness (QED) is 0.391. The zero-order valence-corrected chi connectivity index (χ0v) is 18.0. The predicted molar refractivity (Wildman–Crippen MR) is 114 cm³/mol. The van der Waals surface area contributed by atoms with E-state index in [1.54, 1.807) is 7.05 Å². The molecule has 140 valence electrons. The van der Waals surface area contributed by atoms with E-state index < -0.39 is 0 Å². The Morgan fingerprint density at radius 1 is 1.24 bits per heavy atom. The van der Waals surface area contributed by atoms with Gasteiger partial charge in [0.05, 0.1) is 0 Å². The van der Waals surface area contributed by atoms with E-state index in [1.807, 2.05) is 17.0 Å². The second kappa shape index (κ2) is 10.6. The molecule has 1 saturated heterocycles. The molecule has 1 atom stereocenters. The molecule has 0 saturated carbocycles. The molecule has 1 fully saturated rings. The molecule has 1 aliphatic heterocycles. The SMILES string of the molecule is CN=C(NCc1ccccc1CN1CCCC1=O)NC(C)C(C)C.I. The third-order valence-electron chi connectivity index (χ3n) is 4.69. The Morgan fingerprint density at radius 3 is 2.48 bits per heavy atom. The van der Waals surface area contributed by atoms with Crippen molar-refractivity contribution in [3.05, 3.63) is 35.4 Å². The molecule has 6 heteroatoms. The summed E-state index contributed by atoms with van der Waals surface area (Å²) in [5, 5.41) is 6.79. The highest BCUT2D eigenvalue weighted by atomic mass is 127. The van der Waals surface area contributed by atoms with Crippen LogP contribution in [0, 0.1) is 5.92 Å². The van der Waals surface area contributed by atoms with Crippen molar-refractivity contribution in [2.45, 2.75) is 52.7 Å². The fraction of sp³-hybridized carbons (Fsp3) is 0.579. The maximum atomic E-state index is 11.9. The Kier molecular flexibility index (Phi) is 9.24. The van der Waals surface area contributed by atoms with E-state index in [4.69, 9.17) is 0 Å². The molecule has 1 aromatic rings. The molecule has 0 aromatic heterocycles. The average molecular weight is 458 g/mol. The van der Waals surface area contributed by atoms with Crippen LogP contribution in [0.5, 0.6) is 0 Å². The van der Waals surface area contributed by atoms with E-state index >= 15 is 0 Å². The molecule has 0 spiro atoms. The molecule has 1 aliphatic rings. The van der Waals surface area contributed by atoms with Crippen LogP contribution in [0.3, 0.4) is 0 Å². The van der Waals surface area contributed by atoms with E-state index in [1.165, 1.54) is 11.1 Å². The van der Waals surface area contributed by atoms with Gasteiger partial charge >= 0.3 is 0 Å². The van der Waals surface area contributed by atoms with Crippen molar-refractivity contribution in [2.75, 3.05) is 13.6 Å². The highest BCUT2D eigenvalue weighted by Crippen LogP contribution is 2.17. The maximum absolute atomic E-state index is 11.9. The lowest BCUT2D eigenvalue weighted by atomic mass is 10.1. The minimum atomic E-state index is 0. The third kappa shape index (κ3) is 6.49. The van der Waals surface area contributed by atoms with Gasteiger partial charge in [-0.1, -0.05) is 38.1 Å². The van der Waals surface area contributed by atoms with Gasteiger partial charge in [-0.3, -0.25) is 9.79 Å². The molecule has 2 N–H and O–H groups in total. The van der Waals surface area contributed by atoms with E-state index in [0.29, 0.717) is 31.5 Å². The molecule has 2 rings (SSSR count). The first-order chi connectivity index (χ1) is 11.5. The third-order valence-corrected chi connectivity index (χ3v) is 4.69. The van der Waals surface area contributed by atoms with Crippen LogP contribution < -0.4 is 10.6 Å². The molecule has 1 heterocycles. The first-order valence-electron chi connectivity index (χ1n) is 8.83. The number of carbonyl (C=O) groups is 1. The molecule has 0 aliphatic carbocycles.